The summed E-state index contributed by atoms with van der Waals surface area (Å²) in [6.45, 7) is 0.907. The van der Waals surface area contributed by atoms with Gasteiger partial charge in [-0.2, -0.15) is 13.2 Å². The molecule has 2 N–H and O–H groups in total. The normalized spacial score (nSPS) is 31.9. The molecule has 2 aliphatic rings. The van der Waals surface area contributed by atoms with Gasteiger partial charge in [0, 0.05) is 12.1 Å². The first kappa shape index (κ1) is 15.6. The van der Waals surface area contributed by atoms with Gasteiger partial charge in [0.05, 0.1) is 31.5 Å². The molecule has 0 aliphatic carbocycles. The molecule has 2 bridgehead atoms. The van der Waals surface area contributed by atoms with Gasteiger partial charge in [-0.1, -0.05) is 0 Å². The summed E-state index contributed by atoms with van der Waals surface area (Å²) in [7, 11) is 1.31. The maximum Gasteiger partial charge on any atom is 0.416 e. The molecule has 122 valence electrons. The lowest BCUT2D eigenvalue weighted by atomic mass is 9.77. The van der Waals surface area contributed by atoms with E-state index in [1.807, 2.05) is 0 Å². The van der Waals surface area contributed by atoms with E-state index in [4.69, 9.17) is 9.47 Å². The molecule has 7 heteroatoms. The Bertz CT molecular complexity index is 549. The topological polar surface area (TPSA) is 50.7 Å². The molecule has 2 unspecified atom stereocenters. The molecule has 2 saturated heterocycles. The van der Waals surface area contributed by atoms with Crippen LogP contribution >= 0.6 is 0 Å². The molecule has 0 radical (unpaired) electrons. The summed E-state index contributed by atoms with van der Waals surface area (Å²) in [6, 6.07) is 3.33. The van der Waals surface area contributed by atoms with Crippen LogP contribution in [0.1, 0.15) is 24.0 Å². The number of piperidine rings is 1. The first-order chi connectivity index (χ1) is 10.3. The smallest absolute Gasteiger partial charge is 0.416 e. The van der Waals surface area contributed by atoms with Crippen molar-refractivity contribution in [1.29, 1.82) is 0 Å². The number of nitrogens with one attached hydrogen (secondary N) is 1. The van der Waals surface area contributed by atoms with Crippen molar-refractivity contribution in [2.75, 3.05) is 20.3 Å². The fourth-order valence-electron chi connectivity index (χ4n) is 3.30. The molecule has 0 amide bonds. The number of hydrogen-bond acceptors (Lipinski definition) is 4. The maximum atomic E-state index is 13.0. The molecule has 22 heavy (non-hydrogen) atoms. The standard InChI is InChI=1S/C15H18F3NO3/c1-21-13-3-9(2-10(4-13)15(16,17)18)14(20)5-11-7-22-8-12(6-14)19-11/h2-4,11-12,19-20H,5-8H2,1H3. The summed E-state index contributed by atoms with van der Waals surface area (Å²) in [6.07, 6.45) is -3.85. The molecule has 2 aliphatic heterocycles. The van der Waals surface area contributed by atoms with Gasteiger partial charge >= 0.3 is 6.18 Å². The van der Waals surface area contributed by atoms with Crippen molar-refractivity contribution in [3.8, 4) is 5.75 Å². The van der Waals surface area contributed by atoms with Crippen LogP contribution in [0.3, 0.4) is 0 Å². The minimum Gasteiger partial charge on any atom is -0.497 e. The number of ether oxygens (including phenoxy) is 2. The van der Waals surface area contributed by atoms with Crippen LogP contribution in [0.25, 0.3) is 0 Å². The summed E-state index contributed by atoms with van der Waals surface area (Å²) >= 11 is 0. The average molecular weight is 317 g/mol. The molecule has 2 heterocycles. The second-order valence-electron chi connectivity index (χ2n) is 5.99. The fourth-order valence-corrected chi connectivity index (χ4v) is 3.30. The average Bonchev–Trinajstić information content (AvgIpc) is 2.45. The van der Waals surface area contributed by atoms with Crippen LogP contribution in [-0.2, 0) is 16.5 Å². The van der Waals surface area contributed by atoms with Crippen LogP contribution in [0.5, 0.6) is 5.75 Å². The third-order valence-electron chi connectivity index (χ3n) is 4.28. The molecule has 2 fully saturated rings. The molecule has 1 aromatic rings. The van der Waals surface area contributed by atoms with Gasteiger partial charge in [-0.25, -0.2) is 0 Å². The predicted molar refractivity (Wildman–Crippen MR) is 72.7 cm³/mol. The van der Waals surface area contributed by atoms with E-state index in [0.29, 0.717) is 26.1 Å². The summed E-state index contributed by atoms with van der Waals surface area (Å²) in [4.78, 5) is 0. The Kier molecular flexibility index (Phi) is 3.82. The van der Waals surface area contributed by atoms with Gasteiger partial charge in [0.15, 0.2) is 0 Å². The Morgan fingerprint density at radius 3 is 2.41 bits per heavy atom. The van der Waals surface area contributed by atoms with Crippen LogP contribution < -0.4 is 10.1 Å². The van der Waals surface area contributed by atoms with Crippen LogP contribution in [0.4, 0.5) is 13.2 Å². The number of alkyl halides is 3. The van der Waals surface area contributed by atoms with Gasteiger partial charge in [-0.3, -0.25) is 0 Å². The summed E-state index contributed by atoms with van der Waals surface area (Å²) < 4.78 is 49.5. The lowest BCUT2D eigenvalue weighted by Gasteiger charge is -2.45. The molecule has 1 aromatic carbocycles. The Morgan fingerprint density at radius 2 is 1.86 bits per heavy atom. The Balaban J connectivity index is 1.99. The highest BCUT2D eigenvalue weighted by molar-refractivity contribution is 5.39. The van der Waals surface area contributed by atoms with Crippen molar-refractivity contribution in [1.82, 2.24) is 5.32 Å². The Labute approximate surface area is 126 Å². The number of morpholine rings is 1. The lowest BCUT2D eigenvalue weighted by Crippen LogP contribution is -2.58. The fraction of sp³-hybridized carbons (Fsp3) is 0.600. The van der Waals surface area contributed by atoms with E-state index in [1.165, 1.54) is 13.2 Å². The molecule has 4 nitrogen and oxygen atoms in total. The highest BCUT2D eigenvalue weighted by Gasteiger charge is 2.43. The van der Waals surface area contributed by atoms with E-state index in [9.17, 15) is 18.3 Å². The number of rotatable bonds is 2. The number of halogens is 3. The van der Waals surface area contributed by atoms with Crippen LogP contribution in [0.15, 0.2) is 18.2 Å². The van der Waals surface area contributed by atoms with Crippen LogP contribution in [0, 0.1) is 0 Å². The van der Waals surface area contributed by atoms with E-state index in [1.54, 1.807) is 0 Å². The molecule has 0 saturated carbocycles. The third-order valence-corrected chi connectivity index (χ3v) is 4.28. The number of methoxy groups -OCH3 is 1. The molecular weight excluding hydrogens is 299 g/mol. The summed E-state index contributed by atoms with van der Waals surface area (Å²) in [5.74, 6) is 0.0955. The first-order valence-electron chi connectivity index (χ1n) is 7.13. The van der Waals surface area contributed by atoms with Crippen LogP contribution in [0.2, 0.25) is 0 Å². The van der Waals surface area contributed by atoms with Crippen molar-refractivity contribution in [2.24, 2.45) is 0 Å². The van der Waals surface area contributed by atoms with E-state index >= 15 is 0 Å². The van der Waals surface area contributed by atoms with Gasteiger partial charge in [-0.15, -0.1) is 0 Å². The zero-order valence-corrected chi connectivity index (χ0v) is 12.1. The molecule has 0 aromatic heterocycles. The highest BCUT2D eigenvalue weighted by Crippen LogP contribution is 2.41. The van der Waals surface area contributed by atoms with Crippen molar-refractivity contribution in [2.45, 2.75) is 36.7 Å². The van der Waals surface area contributed by atoms with Gasteiger partial charge in [0.1, 0.15) is 5.75 Å². The summed E-state index contributed by atoms with van der Waals surface area (Å²) in [5, 5.41) is 14.3. The minimum atomic E-state index is -4.48. The Hall–Kier alpha value is -1.31. The third kappa shape index (κ3) is 2.93. The van der Waals surface area contributed by atoms with Gasteiger partial charge in [-0.05, 0) is 36.6 Å². The molecule has 3 rings (SSSR count). The van der Waals surface area contributed by atoms with Crippen molar-refractivity contribution in [3.05, 3.63) is 29.3 Å². The maximum absolute atomic E-state index is 13.0. The highest BCUT2D eigenvalue weighted by atomic mass is 19.4. The van der Waals surface area contributed by atoms with Crippen molar-refractivity contribution < 1.29 is 27.8 Å². The van der Waals surface area contributed by atoms with Crippen molar-refractivity contribution >= 4 is 0 Å². The second-order valence-corrected chi connectivity index (χ2v) is 5.99. The minimum absolute atomic E-state index is 0.0574. The number of aliphatic hydroxyl groups is 1. The zero-order chi connectivity index (χ0) is 16.0. The van der Waals surface area contributed by atoms with Gasteiger partial charge in [0.25, 0.3) is 0 Å². The monoisotopic (exact) mass is 317 g/mol. The zero-order valence-electron chi connectivity index (χ0n) is 12.1. The van der Waals surface area contributed by atoms with Crippen LogP contribution in [-0.4, -0.2) is 37.5 Å². The van der Waals surface area contributed by atoms with E-state index in [0.717, 1.165) is 12.1 Å². The number of benzene rings is 1. The van der Waals surface area contributed by atoms with Gasteiger partial charge in [0.2, 0.25) is 0 Å². The second kappa shape index (κ2) is 5.40. The van der Waals surface area contributed by atoms with E-state index < -0.39 is 17.3 Å². The quantitative estimate of drug-likeness (QED) is 0.877. The summed E-state index contributed by atoms with van der Waals surface area (Å²) in [5.41, 5.74) is -1.87. The van der Waals surface area contributed by atoms with E-state index in [2.05, 4.69) is 5.32 Å². The molecule has 2 atom stereocenters. The predicted octanol–water partition coefficient (Wildman–Crippen LogP) is 2.05. The SMILES string of the molecule is COc1cc(C(F)(F)F)cc(C2(O)CC3COCC(C2)N3)c1. The lowest BCUT2D eigenvalue weighted by molar-refractivity contribution is -0.138. The molecule has 0 spiro atoms. The number of hydrogen-bond donors (Lipinski definition) is 2. The molecular formula is C15H18F3NO3. The first-order valence-corrected chi connectivity index (χ1v) is 7.13. The van der Waals surface area contributed by atoms with Gasteiger partial charge < -0.3 is 19.9 Å². The number of fused-ring (bicyclic) bond motifs is 2. The van der Waals surface area contributed by atoms with E-state index in [-0.39, 0.29) is 23.4 Å². The Morgan fingerprint density at radius 1 is 1.23 bits per heavy atom. The van der Waals surface area contributed by atoms with Crippen molar-refractivity contribution in [3.63, 3.8) is 0 Å². The largest absolute Gasteiger partial charge is 0.497 e.